The first-order chi connectivity index (χ1) is 15.3. The molecule has 3 amide bonds. The number of benzene rings is 2. The minimum Gasteiger partial charge on any atom is -0.439 e. The van der Waals surface area contributed by atoms with Gasteiger partial charge < -0.3 is 15.0 Å². The van der Waals surface area contributed by atoms with Gasteiger partial charge in [-0.25, -0.2) is 9.59 Å². The Morgan fingerprint density at radius 2 is 1.88 bits per heavy atom. The van der Waals surface area contributed by atoms with Crippen LogP contribution in [0.4, 0.5) is 21.0 Å². The van der Waals surface area contributed by atoms with Crippen LogP contribution in [0.3, 0.4) is 0 Å². The second-order valence-corrected chi connectivity index (χ2v) is 8.34. The van der Waals surface area contributed by atoms with Crippen LogP contribution in [0.2, 0.25) is 5.02 Å². The lowest BCUT2D eigenvalue weighted by atomic mass is 9.98. The minimum atomic E-state index is -0.595. The molecular weight excluding hydrogens is 436 g/mol. The average molecular weight is 459 g/mol. The minimum absolute atomic E-state index is 0.00855. The van der Waals surface area contributed by atoms with Crippen molar-refractivity contribution in [3.8, 4) is 0 Å². The molecule has 2 aliphatic heterocycles. The molecule has 0 spiro atoms. The second-order valence-electron chi connectivity index (χ2n) is 7.93. The number of ether oxygens (including phenoxy) is 1. The Morgan fingerprint density at radius 1 is 1.19 bits per heavy atom. The fraction of sp³-hybridized carbons (Fsp3) is 0.364. The van der Waals surface area contributed by atoms with Crippen molar-refractivity contribution in [2.45, 2.75) is 38.0 Å². The highest BCUT2D eigenvalue weighted by molar-refractivity contribution is 6.32. The zero-order valence-corrected chi connectivity index (χ0v) is 18.2. The lowest BCUT2D eigenvalue weighted by Crippen LogP contribution is -2.50. The summed E-state index contributed by atoms with van der Waals surface area (Å²) >= 11 is 5.82. The zero-order chi connectivity index (χ0) is 22.8. The van der Waals surface area contributed by atoms with E-state index >= 15 is 0 Å². The number of hydrogen-bond donors (Lipinski definition) is 1. The molecule has 1 N–H and O–H groups in total. The highest BCUT2D eigenvalue weighted by Crippen LogP contribution is 2.36. The van der Waals surface area contributed by atoms with E-state index in [4.69, 9.17) is 16.3 Å². The molecule has 10 heteroatoms. The summed E-state index contributed by atoms with van der Waals surface area (Å²) in [5.41, 5.74) is 0.998. The molecule has 0 aromatic heterocycles. The van der Waals surface area contributed by atoms with Gasteiger partial charge in [0, 0.05) is 30.9 Å². The first-order valence-corrected chi connectivity index (χ1v) is 10.8. The Hall–Kier alpha value is -3.33. The van der Waals surface area contributed by atoms with Gasteiger partial charge in [-0.1, -0.05) is 41.9 Å². The van der Waals surface area contributed by atoms with Crippen molar-refractivity contribution in [3.05, 3.63) is 69.2 Å². The molecule has 0 bridgehead atoms. The molecule has 4 rings (SSSR count). The third kappa shape index (κ3) is 4.34. The van der Waals surface area contributed by atoms with E-state index in [0.29, 0.717) is 31.6 Å². The number of carbonyl (C=O) groups excluding carboxylic acids is 2. The van der Waals surface area contributed by atoms with E-state index in [1.54, 1.807) is 9.80 Å². The maximum absolute atomic E-state index is 12.6. The normalized spacial score (nSPS) is 21.4. The van der Waals surface area contributed by atoms with Gasteiger partial charge in [-0.15, -0.1) is 0 Å². The molecule has 2 aliphatic rings. The number of amides is 3. The van der Waals surface area contributed by atoms with Gasteiger partial charge in [0.05, 0.1) is 11.0 Å². The van der Waals surface area contributed by atoms with Gasteiger partial charge >= 0.3 is 12.1 Å². The van der Waals surface area contributed by atoms with Crippen molar-refractivity contribution < 1.29 is 19.2 Å². The monoisotopic (exact) mass is 458 g/mol. The lowest BCUT2D eigenvalue weighted by molar-refractivity contribution is -0.384. The van der Waals surface area contributed by atoms with E-state index in [9.17, 15) is 19.7 Å². The molecule has 0 radical (unpaired) electrons. The fourth-order valence-corrected chi connectivity index (χ4v) is 4.52. The summed E-state index contributed by atoms with van der Waals surface area (Å²) in [7, 11) is 0. The van der Waals surface area contributed by atoms with Crippen molar-refractivity contribution in [1.82, 2.24) is 9.80 Å². The van der Waals surface area contributed by atoms with Gasteiger partial charge in [0.1, 0.15) is 11.1 Å². The highest BCUT2D eigenvalue weighted by atomic mass is 35.5. The zero-order valence-electron chi connectivity index (χ0n) is 17.4. The number of halogens is 1. The first kappa shape index (κ1) is 21.9. The Morgan fingerprint density at radius 3 is 2.53 bits per heavy atom. The maximum Gasteiger partial charge on any atom is 0.411 e. The Kier molecular flexibility index (Phi) is 6.18. The summed E-state index contributed by atoms with van der Waals surface area (Å²) in [5, 5.41) is 13.7. The maximum atomic E-state index is 12.6. The third-order valence-electron chi connectivity index (χ3n) is 5.98. The van der Waals surface area contributed by atoms with Crippen LogP contribution in [0, 0.1) is 10.1 Å². The summed E-state index contributed by atoms with van der Waals surface area (Å²) in [5.74, 6) is 0. The fourth-order valence-electron chi connectivity index (χ4n) is 4.33. The summed E-state index contributed by atoms with van der Waals surface area (Å²) in [6.45, 7) is 2.90. The SMILES string of the molecule is C[C@@H]1[C@H](c2ccccc2)OC(=O)N1C1CCN(C(=O)Nc2ccc(Cl)c([N+](=O)[O-])c2)CC1. The van der Waals surface area contributed by atoms with Crippen LogP contribution in [0.15, 0.2) is 48.5 Å². The number of hydrogen-bond acceptors (Lipinski definition) is 5. The van der Waals surface area contributed by atoms with E-state index in [1.807, 2.05) is 37.3 Å². The summed E-state index contributed by atoms with van der Waals surface area (Å²) in [6.07, 6.45) is 0.595. The second kappa shape index (κ2) is 9.04. The Labute approximate surface area is 190 Å². The molecule has 2 aromatic rings. The molecule has 0 unspecified atom stereocenters. The number of piperidine rings is 1. The number of nitro groups is 1. The molecule has 2 atom stereocenters. The van der Waals surface area contributed by atoms with E-state index in [-0.39, 0.29) is 41.0 Å². The van der Waals surface area contributed by atoms with Crippen molar-refractivity contribution >= 4 is 35.1 Å². The molecule has 2 saturated heterocycles. The molecule has 0 aliphatic carbocycles. The molecule has 0 saturated carbocycles. The number of rotatable bonds is 4. The summed E-state index contributed by atoms with van der Waals surface area (Å²) in [4.78, 5) is 39.1. The Balaban J connectivity index is 1.36. The molecule has 2 aromatic carbocycles. The van der Waals surface area contributed by atoms with Crippen LogP contribution in [-0.4, -0.2) is 52.0 Å². The van der Waals surface area contributed by atoms with E-state index < -0.39 is 4.92 Å². The van der Waals surface area contributed by atoms with Gasteiger partial charge in [0.25, 0.3) is 5.69 Å². The van der Waals surface area contributed by atoms with Crippen molar-refractivity contribution in [1.29, 1.82) is 0 Å². The predicted octanol–water partition coefficient (Wildman–Crippen LogP) is 4.83. The number of anilines is 1. The van der Waals surface area contributed by atoms with Gasteiger partial charge in [0.2, 0.25) is 0 Å². The quantitative estimate of drug-likeness (QED) is 0.522. The van der Waals surface area contributed by atoms with Crippen LogP contribution >= 0.6 is 11.6 Å². The summed E-state index contributed by atoms with van der Waals surface area (Å²) in [6, 6.07) is 13.3. The smallest absolute Gasteiger partial charge is 0.411 e. The highest BCUT2D eigenvalue weighted by Gasteiger charge is 2.44. The number of cyclic esters (lactones) is 1. The lowest BCUT2D eigenvalue weighted by Gasteiger charge is -2.37. The molecular formula is C22H23ClN4O5. The van der Waals surface area contributed by atoms with Crippen LogP contribution in [0.25, 0.3) is 0 Å². The van der Waals surface area contributed by atoms with Crippen molar-refractivity contribution in [2.75, 3.05) is 18.4 Å². The van der Waals surface area contributed by atoms with E-state index in [0.717, 1.165) is 5.56 Å². The van der Waals surface area contributed by atoms with E-state index in [1.165, 1.54) is 18.2 Å². The molecule has 32 heavy (non-hydrogen) atoms. The van der Waals surface area contributed by atoms with Crippen molar-refractivity contribution in [3.63, 3.8) is 0 Å². The Bertz CT molecular complexity index is 1030. The van der Waals surface area contributed by atoms with Gasteiger partial charge in [-0.3, -0.25) is 15.0 Å². The van der Waals surface area contributed by atoms with Gasteiger partial charge in [-0.05, 0) is 37.5 Å². The van der Waals surface area contributed by atoms with Crippen LogP contribution in [0.5, 0.6) is 0 Å². The van der Waals surface area contributed by atoms with E-state index in [2.05, 4.69) is 5.32 Å². The number of urea groups is 1. The van der Waals surface area contributed by atoms with Crippen LogP contribution < -0.4 is 5.32 Å². The van der Waals surface area contributed by atoms with Crippen LogP contribution in [0.1, 0.15) is 31.4 Å². The molecule has 2 fully saturated rings. The van der Waals surface area contributed by atoms with Gasteiger partial charge in [-0.2, -0.15) is 0 Å². The number of carbonyl (C=O) groups is 2. The molecule has 9 nitrogen and oxygen atoms in total. The predicted molar refractivity (Wildman–Crippen MR) is 119 cm³/mol. The first-order valence-electron chi connectivity index (χ1n) is 10.4. The summed E-state index contributed by atoms with van der Waals surface area (Å²) < 4.78 is 5.65. The number of nitro benzene ring substituents is 1. The standard InChI is InChI=1S/C22H23ClN4O5/c1-14-20(15-5-3-2-4-6-15)32-22(29)26(14)17-9-11-25(12-10-17)21(28)24-16-7-8-18(23)19(13-16)27(30)31/h2-8,13-14,17,20H,9-12H2,1H3,(H,24,28)/t14-,20-/m1/s1. The average Bonchev–Trinajstić information content (AvgIpc) is 3.09. The van der Waals surface area contributed by atoms with Crippen molar-refractivity contribution in [2.24, 2.45) is 0 Å². The molecule has 2 heterocycles. The topological polar surface area (TPSA) is 105 Å². The number of likely N-dealkylation sites (tertiary alicyclic amines) is 1. The van der Waals surface area contributed by atoms with Gasteiger partial charge in [0.15, 0.2) is 0 Å². The largest absolute Gasteiger partial charge is 0.439 e. The number of nitrogens with zero attached hydrogens (tertiary/aromatic N) is 3. The van der Waals surface area contributed by atoms with Crippen LogP contribution in [-0.2, 0) is 4.74 Å². The number of nitrogens with one attached hydrogen (secondary N) is 1. The molecule has 168 valence electrons. The third-order valence-corrected chi connectivity index (χ3v) is 6.30.